The third kappa shape index (κ3) is 3.25. The predicted octanol–water partition coefficient (Wildman–Crippen LogP) is 4.99. The molecule has 3 heteroatoms. The van der Waals surface area contributed by atoms with Gasteiger partial charge in [0.1, 0.15) is 11.6 Å². The van der Waals surface area contributed by atoms with Crippen molar-refractivity contribution in [2.45, 2.75) is 27.3 Å². The summed E-state index contributed by atoms with van der Waals surface area (Å²) in [5.41, 5.74) is 6.15. The molecular formula is C21H22N2O. The first-order chi connectivity index (χ1) is 11.6. The van der Waals surface area contributed by atoms with Crippen molar-refractivity contribution in [1.29, 1.82) is 0 Å². The van der Waals surface area contributed by atoms with Gasteiger partial charge in [0.2, 0.25) is 0 Å². The van der Waals surface area contributed by atoms with Gasteiger partial charge in [0.25, 0.3) is 0 Å². The highest BCUT2D eigenvalue weighted by Crippen LogP contribution is 2.28. The van der Waals surface area contributed by atoms with E-state index in [9.17, 15) is 5.11 Å². The molecule has 0 aliphatic carbocycles. The highest BCUT2D eigenvalue weighted by molar-refractivity contribution is 5.63. The fraction of sp³-hybridized carbons (Fsp3) is 0.190. The lowest BCUT2D eigenvalue weighted by atomic mass is 10.0. The van der Waals surface area contributed by atoms with E-state index in [1.807, 2.05) is 26.8 Å². The van der Waals surface area contributed by atoms with E-state index in [1.54, 1.807) is 0 Å². The highest BCUT2D eigenvalue weighted by Gasteiger charge is 2.10. The van der Waals surface area contributed by atoms with Crippen molar-refractivity contribution < 1.29 is 5.11 Å². The second-order valence-corrected chi connectivity index (χ2v) is 6.06. The van der Waals surface area contributed by atoms with Gasteiger partial charge in [0.05, 0.1) is 5.69 Å². The van der Waals surface area contributed by atoms with Crippen LogP contribution in [0.15, 0.2) is 54.6 Å². The molecule has 0 unspecified atom stereocenters. The van der Waals surface area contributed by atoms with Crippen LogP contribution in [0.2, 0.25) is 0 Å². The van der Waals surface area contributed by atoms with Crippen LogP contribution in [0, 0.1) is 20.8 Å². The van der Waals surface area contributed by atoms with E-state index in [4.69, 9.17) is 0 Å². The number of hydrogen-bond donors (Lipinski definition) is 2. The maximum absolute atomic E-state index is 9.95. The Bertz CT molecular complexity index is 840. The Labute approximate surface area is 143 Å². The van der Waals surface area contributed by atoms with Crippen molar-refractivity contribution in [2.24, 2.45) is 0 Å². The Morgan fingerprint density at radius 3 is 2.12 bits per heavy atom. The zero-order valence-electron chi connectivity index (χ0n) is 14.3. The molecule has 0 fully saturated rings. The molecule has 1 aromatic heterocycles. The molecule has 3 rings (SSSR count). The summed E-state index contributed by atoms with van der Waals surface area (Å²) in [6.07, 6.45) is 0. The lowest BCUT2D eigenvalue weighted by Crippen LogP contribution is -2.05. The second-order valence-electron chi connectivity index (χ2n) is 6.06. The zero-order chi connectivity index (χ0) is 17.1. The summed E-state index contributed by atoms with van der Waals surface area (Å²) in [5.74, 6) is 1.11. The fourth-order valence-electron chi connectivity index (χ4n) is 2.73. The molecule has 1 heterocycles. The van der Waals surface area contributed by atoms with Gasteiger partial charge in [-0.05, 0) is 48.6 Å². The minimum Gasteiger partial charge on any atom is -0.506 e. The van der Waals surface area contributed by atoms with Crippen LogP contribution < -0.4 is 5.32 Å². The fourth-order valence-corrected chi connectivity index (χ4v) is 2.73. The van der Waals surface area contributed by atoms with E-state index < -0.39 is 0 Å². The molecule has 0 saturated carbocycles. The van der Waals surface area contributed by atoms with Crippen LogP contribution in [-0.4, -0.2) is 10.1 Å². The Balaban J connectivity index is 1.74. The number of anilines is 1. The topological polar surface area (TPSA) is 45.2 Å². The van der Waals surface area contributed by atoms with Crippen LogP contribution in [0.3, 0.4) is 0 Å². The van der Waals surface area contributed by atoms with Crippen LogP contribution in [0.4, 0.5) is 5.82 Å². The lowest BCUT2D eigenvalue weighted by molar-refractivity contribution is 0.463. The molecule has 0 aliphatic rings. The molecule has 2 N–H and O–H groups in total. The minimum atomic E-state index is 0.283. The molecule has 0 aliphatic heterocycles. The summed E-state index contributed by atoms with van der Waals surface area (Å²) < 4.78 is 0. The van der Waals surface area contributed by atoms with Crippen molar-refractivity contribution >= 4 is 5.82 Å². The van der Waals surface area contributed by atoms with E-state index in [0.717, 1.165) is 16.9 Å². The van der Waals surface area contributed by atoms with Gasteiger partial charge in [0, 0.05) is 6.54 Å². The second kappa shape index (κ2) is 6.75. The number of nitrogens with one attached hydrogen (secondary N) is 1. The average molecular weight is 318 g/mol. The van der Waals surface area contributed by atoms with E-state index in [1.165, 1.54) is 16.7 Å². The quantitative estimate of drug-likeness (QED) is 0.712. The van der Waals surface area contributed by atoms with Gasteiger partial charge < -0.3 is 10.4 Å². The van der Waals surface area contributed by atoms with Gasteiger partial charge in [-0.1, -0.05) is 54.6 Å². The number of hydrogen-bond acceptors (Lipinski definition) is 3. The van der Waals surface area contributed by atoms with Gasteiger partial charge in [-0.25, -0.2) is 4.98 Å². The monoisotopic (exact) mass is 318 g/mol. The zero-order valence-corrected chi connectivity index (χ0v) is 14.3. The van der Waals surface area contributed by atoms with E-state index in [0.29, 0.717) is 12.2 Å². The van der Waals surface area contributed by atoms with Crippen molar-refractivity contribution in [3.63, 3.8) is 0 Å². The van der Waals surface area contributed by atoms with Crippen molar-refractivity contribution in [2.75, 3.05) is 5.32 Å². The number of pyridine rings is 1. The Morgan fingerprint density at radius 2 is 1.46 bits per heavy atom. The summed E-state index contributed by atoms with van der Waals surface area (Å²) in [4.78, 5) is 4.45. The number of aromatic nitrogens is 1. The Kier molecular flexibility index (Phi) is 4.52. The van der Waals surface area contributed by atoms with Crippen molar-refractivity contribution in [3.05, 3.63) is 77.0 Å². The van der Waals surface area contributed by atoms with Crippen molar-refractivity contribution in [1.82, 2.24) is 4.98 Å². The summed E-state index contributed by atoms with van der Waals surface area (Å²) in [7, 11) is 0. The first-order valence-electron chi connectivity index (χ1n) is 8.11. The molecule has 0 bridgehead atoms. The lowest BCUT2D eigenvalue weighted by Gasteiger charge is -2.14. The molecule has 24 heavy (non-hydrogen) atoms. The number of aryl methyl sites for hydroxylation is 1. The molecule has 0 radical (unpaired) electrons. The van der Waals surface area contributed by atoms with Gasteiger partial charge in [-0.2, -0.15) is 0 Å². The predicted molar refractivity (Wildman–Crippen MR) is 99.3 cm³/mol. The molecule has 0 spiro atoms. The maximum Gasteiger partial charge on any atom is 0.140 e. The summed E-state index contributed by atoms with van der Waals surface area (Å²) in [5, 5.41) is 13.3. The van der Waals surface area contributed by atoms with E-state index in [-0.39, 0.29) is 5.75 Å². The van der Waals surface area contributed by atoms with Crippen LogP contribution in [0.25, 0.3) is 11.1 Å². The molecule has 2 aromatic carbocycles. The molecule has 122 valence electrons. The Morgan fingerprint density at radius 1 is 0.833 bits per heavy atom. The molecule has 0 amide bonds. The maximum atomic E-state index is 9.95. The highest BCUT2D eigenvalue weighted by atomic mass is 16.3. The number of aromatic hydroxyl groups is 1. The average Bonchev–Trinajstić information content (AvgIpc) is 2.63. The largest absolute Gasteiger partial charge is 0.506 e. The van der Waals surface area contributed by atoms with Crippen LogP contribution >= 0.6 is 0 Å². The first kappa shape index (κ1) is 16.1. The van der Waals surface area contributed by atoms with Gasteiger partial charge in [-0.15, -0.1) is 0 Å². The SMILES string of the molecule is Cc1nc(NCc2ccc(-c3ccccc3)cc2)c(C)c(C)c1O. The molecule has 3 nitrogen and oxygen atoms in total. The van der Waals surface area contributed by atoms with Gasteiger partial charge >= 0.3 is 0 Å². The minimum absolute atomic E-state index is 0.283. The third-order valence-corrected chi connectivity index (χ3v) is 4.42. The van der Waals surface area contributed by atoms with Crippen LogP contribution in [-0.2, 0) is 6.54 Å². The summed E-state index contributed by atoms with van der Waals surface area (Å²) >= 11 is 0. The standard InChI is InChI=1S/C21H22N2O/c1-14-15(2)21(23-16(3)20(14)24)22-13-17-9-11-19(12-10-17)18-7-5-4-6-8-18/h4-12,24H,13H2,1-3H3,(H,22,23). The number of benzene rings is 2. The van der Waals surface area contributed by atoms with Gasteiger partial charge in [0.15, 0.2) is 0 Å². The smallest absolute Gasteiger partial charge is 0.140 e. The van der Waals surface area contributed by atoms with E-state index in [2.05, 4.69) is 58.8 Å². The van der Waals surface area contributed by atoms with E-state index >= 15 is 0 Å². The number of rotatable bonds is 4. The van der Waals surface area contributed by atoms with Crippen molar-refractivity contribution in [3.8, 4) is 16.9 Å². The number of nitrogens with zero attached hydrogens (tertiary/aromatic N) is 1. The third-order valence-electron chi connectivity index (χ3n) is 4.42. The Hall–Kier alpha value is -2.81. The van der Waals surface area contributed by atoms with Crippen LogP contribution in [0.5, 0.6) is 5.75 Å². The van der Waals surface area contributed by atoms with Gasteiger partial charge in [-0.3, -0.25) is 0 Å². The summed E-state index contributed by atoms with van der Waals surface area (Å²) in [6, 6.07) is 18.9. The molecular weight excluding hydrogens is 296 g/mol. The molecule has 0 saturated heterocycles. The normalized spacial score (nSPS) is 10.6. The molecule has 3 aromatic rings. The first-order valence-corrected chi connectivity index (χ1v) is 8.11. The summed E-state index contributed by atoms with van der Waals surface area (Å²) in [6.45, 7) is 6.41. The molecule has 0 atom stereocenters. The van der Waals surface area contributed by atoms with Crippen LogP contribution in [0.1, 0.15) is 22.4 Å².